The Morgan fingerprint density at radius 3 is 2.79 bits per heavy atom. The number of nitrogens with one attached hydrogen (secondary N) is 1. The maximum atomic E-state index is 5.78. The highest BCUT2D eigenvalue weighted by molar-refractivity contribution is 9.11. The highest BCUT2D eigenvalue weighted by atomic mass is 79.9. The van der Waals surface area contributed by atoms with E-state index in [0.29, 0.717) is 6.04 Å². The number of oxazole rings is 1. The van der Waals surface area contributed by atoms with Crippen LogP contribution in [0, 0.1) is 0 Å². The molecule has 0 saturated carbocycles. The van der Waals surface area contributed by atoms with Gasteiger partial charge in [-0.2, -0.15) is 0 Å². The molecule has 0 spiro atoms. The first-order valence-corrected chi connectivity index (χ1v) is 7.78. The predicted molar refractivity (Wildman–Crippen MR) is 84.2 cm³/mol. The van der Waals surface area contributed by atoms with Crippen LogP contribution in [-0.2, 0) is 6.42 Å². The number of aromatic nitrogens is 1. The Morgan fingerprint density at radius 1 is 1.32 bits per heavy atom. The molecule has 0 aliphatic carbocycles. The van der Waals surface area contributed by atoms with E-state index in [1.807, 2.05) is 18.2 Å². The average molecular weight is 388 g/mol. The quantitative estimate of drug-likeness (QED) is 0.825. The van der Waals surface area contributed by atoms with Crippen LogP contribution >= 0.6 is 31.9 Å². The standard InChI is InChI=1S/C14H16Br2N2O/c1-9(2)17-6-5-14-18-8-13(19-14)11-4-3-10(15)7-12(11)16/h3-4,7-9,17H,5-6H2,1-2H3. The number of benzene rings is 1. The third-order valence-electron chi connectivity index (χ3n) is 2.64. The fourth-order valence-electron chi connectivity index (χ4n) is 1.71. The number of hydrogen-bond donors (Lipinski definition) is 1. The van der Waals surface area contributed by atoms with Crippen molar-refractivity contribution >= 4 is 31.9 Å². The Hall–Kier alpha value is -0.650. The fraction of sp³-hybridized carbons (Fsp3) is 0.357. The van der Waals surface area contributed by atoms with Crippen molar-refractivity contribution in [3.63, 3.8) is 0 Å². The number of rotatable bonds is 5. The van der Waals surface area contributed by atoms with Crippen LogP contribution in [0.1, 0.15) is 19.7 Å². The minimum absolute atomic E-state index is 0.482. The molecular formula is C14H16Br2N2O. The maximum Gasteiger partial charge on any atom is 0.196 e. The summed E-state index contributed by atoms with van der Waals surface area (Å²) in [5.74, 6) is 1.55. The number of halogens is 2. The molecule has 0 aliphatic rings. The van der Waals surface area contributed by atoms with Crippen molar-refractivity contribution in [1.82, 2.24) is 10.3 Å². The smallest absolute Gasteiger partial charge is 0.196 e. The molecule has 19 heavy (non-hydrogen) atoms. The molecule has 0 amide bonds. The van der Waals surface area contributed by atoms with E-state index >= 15 is 0 Å². The second-order valence-electron chi connectivity index (χ2n) is 4.60. The van der Waals surface area contributed by atoms with Crippen molar-refractivity contribution in [2.45, 2.75) is 26.3 Å². The van der Waals surface area contributed by atoms with Crippen LogP contribution in [0.25, 0.3) is 11.3 Å². The van der Waals surface area contributed by atoms with Gasteiger partial charge in [0, 0.05) is 33.5 Å². The van der Waals surface area contributed by atoms with Crippen molar-refractivity contribution in [1.29, 1.82) is 0 Å². The third kappa shape index (κ3) is 4.16. The molecule has 1 heterocycles. The number of nitrogens with zero attached hydrogens (tertiary/aromatic N) is 1. The van der Waals surface area contributed by atoms with Crippen LogP contribution in [0.3, 0.4) is 0 Å². The van der Waals surface area contributed by atoms with E-state index in [-0.39, 0.29) is 0 Å². The van der Waals surface area contributed by atoms with Gasteiger partial charge in [-0.1, -0.05) is 29.8 Å². The normalized spacial score (nSPS) is 11.2. The van der Waals surface area contributed by atoms with E-state index in [1.165, 1.54) is 0 Å². The zero-order valence-corrected chi connectivity index (χ0v) is 14.1. The van der Waals surface area contributed by atoms with Crippen molar-refractivity contribution in [3.8, 4) is 11.3 Å². The maximum absolute atomic E-state index is 5.78. The molecule has 1 aromatic heterocycles. The molecule has 0 radical (unpaired) electrons. The molecule has 0 saturated heterocycles. The lowest BCUT2D eigenvalue weighted by molar-refractivity contribution is 0.484. The largest absolute Gasteiger partial charge is 0.441 e. The summed E-state index contributed by atoms with van der Waals surface area (Å²) in [4.78, 5) is 4.31. The van der Waals surface area contributed by atoms with Crippen molar-refractivity contribution < 1.29 is 4.42 Å². The third-order valence-corrected chi connectivity index (χ3v) is 3.79. The van der Waals surface area contributed by atoms with Crippen molar-refractivity contribution in [3.05, 3.63) is 39.2 Å². The van der Waals surface area contributed by atoms with Gasteiger partial charge in [-0.3, -0.25) is 0 Å². The van der Waals surface area contributed by atoms with Gasteiger partial charge in [-0.15, -0.1) is 0 Å². The van der Waals surface area contributed by atoms with Crippen LogP contribution in [-0.4, -0.2) is 17.6 Å². The first-order chi connectivity index (χ1) is 9.06. The molecular weight excluding hydrogens is 372 g/mol. The summed E-state index contributed by atoms with van der Waals surface area (Å²) in [6.45, 7) is 5.12. The van der Waals surface area contributed by atoms with Gasteiger partial charge in [0.05, 0.1) is 6.20 Å². The minimum Gasteiger partial charge on any atom is -0.441 e. The average Bonchev–Trinajstić information content (AvgIpc) is 2.77. The lowest BCUT2D eigenvalue weighted by Crippen LogP contribution is -2.24. The molecule has 1 aromatic carbocycles. The number of hydrogen-bond acceptors (Lipinski definition) is 3. The van der Waals surface area contributed by atoms with E-state index in [9.17, 15) is 0 Å². The van der Waals surface area contributed by atoms with Crippen LogP contribution in [0.15, 0.2) is 37.8 Å². The van der Waals surface area contributed by atoms with E-state index in [0.717, 1.165) is 39.1 Å². The second-order valence-corrected chi connectivity index (χ2v) is 6.37. The molecule has 0 fully saturated rings. The Morgan fingerprint density at radius 2 is 2.11 bits per heavy atom. The molecule has 0 bridgehead atoms. The highest BCUT2D eigenvalue weighted by Gasteiger charge is 2.10. The Balaban J connectivity index is 2.08. The Kier molecular flexibility index (Phi) is 5.19. The van der Waals surface area contributed by atoms with Crippen molar-refractivity contribution in [2.24, 2.45) is 0 Å². The summed E-state index contributed by atoms with van der Waals surface area (Å²) < 4.78 is 7.80. The van der Waals surface area contributed by atoms with E-state index in [2.05, 4.69) is 56.0 Å². The van der Waals surface area contributed by atoms with Crippen molar-refractivity contribution in [2.75, 3.05) is 6.54 Å². The fourth-order valence-corrected chi connectivity index (χ4v) is 2.95. The SMILES string of the molecule is CC(C)NCCc1ncc(-c2ccc(Br)cc2Br)o1. The first kappa shape index (κ1) is 14.8. The van der Waals surface area contributed by atoms with Gasteiger partial charge in [0.1, 0.15) is 0 Å². The van der Waals surface area contributed by atoms with Crippen LogP contribution in [0.4, 0.5) is 0 Å². The van der Waals surface area contributed by atoms with Gasteiger partial charge < -0.3 is 9.73 Å². The van der Waals surface area contributed by atoms with Gasteiger partial charge in [-0.25, -0.2) is 4.98 Å². The van der Waals surface area contributed by atoms with E-state index in [1.54, 1.807) is 6.20 Å². The van der Waals surface area contributed by atoms with Crippen LogP contribution < -0.4 is 5.32 Å². The molecule has 0 atom stereocenters. The second kappa shape index (κ2) is 6.68. The lowest BCUT2D eigenvalue weighted by Gasteiger charge is -2.05. The molecule has 0 aliphatic heterocycles. The van der Waals surface area contributed by atoms with Gasteiger partial charge in [0.25, 0.3) is 0 Å². The summed E-state index contributed by atoms with van der Waals surface area (Å²) in [5, 5.41) is 3.35. The molecule has 2 aromatic rings. The minimum atomic E-state index is 0.482. The zero-order valence-electron chi connectivity index (χ0n) is 10.9. The summed E-state index contributed by atoms with van der Waals surface area (Å²) in [6, 6.07) is 6.47. The summed E-state index contributed by atoms with van der Waals surface area (Å²) >= 11 is 6.97. The highest BCUT2D eigenvalue weighted by Crippen LogP contribution is 2.31. The summed E-state index contributed by atoms with van der Waals surface area (Å²) in [5.41, 5.74) is 1.01. The lowest BCUT2D eigenvalue weighted by atomic mass is 10.2. The predicted octanol–water partition coefficient (Wildman–Crippen LogP) is 4.41. The van der Waals surface area contributed by atoms with Gasteiger partial charge >= 0.3 is 0 Å². The van der Waals surface area contributed by atoms with Crippen LogP contribution in [0.5, 0.6) is 0 Å². The molecule has 1 N–H and O–H groups in total. The molecule has 102 valence electrons. The Labute approximate surface area is 130 Å². The van der Waals surface area contributed by atoms with Gasteiger partial charge in [0.2, 0.25) is 0 Å². The summed E-state index contributed by atoms with van der Waals surface area (Å²) in [7, 11) is 0. The Bertz CT molecular complexity index is 552. The van der Waals surface area contributed by atoms with Gasteiger partial charge in [0.15, 0.2) is 11.7 Å². The topological polar surface area (TPSA) is 38.1 Å². The first-order valence-electron chi connectivity index (χ1n) is 6.20. The molecule has 3 nitrogen and oxygen atoms in total. The zero-order chi connectivity index (χ0) is 13.8. The molecule has 0 unspecified atom stereocenters. The molecule has 5 heteroatoms. The van der Waals surface area contributed by atoms with Crippen LogP contribution in [0.2, 0.25) is 0 Å². The van der Waals surface area contributed by atoms with E-state index < -0.39 is 0 Å². The van der Waals surface area contributed by atoms with E-state index in [4.69, 9.17) is 4.42 Å². The summed E-state index contributed by atoms with van der Waals surface area (Å²) in [6.07, 6.45) is 2.57. The monoisotopic (exact) mass is 386 g/mol. The van der Waals surface area contributed by atoms with Gasteiger partial charge in [-0.05, 0) is 34.1 Å². The molecule has 2 rings (SSSR count).